The Kier molecular flexibility index (Phi) is 3.78. The van der Waals surface area contributed by atoms with Gasteiger partial charge in [0.25, 0.3) is 5.56 Å². The Morgan fingerprint density at radius 3 is 2.80 bits per heavy atom. The first-order valence-corrected chi connectivity index (χ1v) is 7.78. The van der Waals surface area contributed by atoms with Gasteiger partial charge in [-0.3, -0.25) is 14.2 Å². The summed E-state index contributed by atoms with van der Waals surface area (Å²) in [5.41, 5.74) is 1.63. The molecule has 6 nitrogen and oxygen atoms in total. The predicted molar refractivity (Wildman–Crippen MR) is 92.0 cm³/mol. The lowest BCUT2D eigenvalue weighted by Gasteiger charge is -2.08. The number of hydrogen-bond donors (Lipinski definition) is 0. The zero-order chi connectivity index (χ0) is 17.2. The minimum absolute atomic E-state index is 0.0191. The summed E-state index contributed by atoms with van der Waals surface area (Å²) in [6.45, 7) is -0.159. The molecule has 2 aromatic heterocycles. The quantitative estimate of drug-likeness (QED) is 0.537. The van der Waals surface area contributed by atoms with Crippen molar-refractivity contribution in [2.24, 2.45) is 0 Å². The highest BCUT2D eigenvalue weighted by Crippen LogP contribution is 2.19. The lowest BCUT2D eigenvalue weighted by atomic mass is 10.2. The zero-order valence-electron chi connectivity index (χ0n) is 13.2. The Labute approximate surface area is 142 Å². The number of furan rings is 1. The van der Waals surface area contributed by atoms with Crippen LogP contribution in [0.2, 0.25) is 0 Å². The lowest BCUT2D eigenvalue weighted by molar-refractivity contribution is -0.146. The van der Waals surface area contributed by atoms with Crippen LogP contribution in [0.5, 0.6) is 0 Å². The maximum Gasteiger partial charge on any atom is 0.326 e. The van der Waals surface area contributed by atoms with Crippen LogP contribution in [0, 0.1) is 0 Å². The number of fused-ring (bicyclic) bond motifs is 2. The molecular weight excluding hydrogens is 320 g/mol. The highest BCUT2D eigenvalue weighted by molar-refractivity contribution is 5.78. The van der Waals surface area contributed by atoms with Crippen LogP contribution in [0.4, 0.5) is 0 Å². The molecule has 0 bridgehead atoms. The third-order valence-corrected chi connectivity index (χ3v) is 3.89. The first-order chi connectivity index (χ1) is 12.2. The van der Waals surface area contributed by atoms with Crippen LogP contribution in [-0.4, -0.2) is 15.5 Å². The fraction of sp³-hybridized carbons (Fsp3) is 0.105. The van der Waals surface area contributed by atoms with Crippen LogP contribution in [0.15, 0.2) is 70.0 Å². The maximum absolute atomic E-state index is 12.2. The smallest absolute Gasteiger partial charge is 0.326 e. The van der Waals surface area contributed by atoms with Gasteiger partial charge in [0.2, 0.25) is 0 Å². The number of benzene rings is 2. The number of rotatable bonds is 4. The summed E-state index contributed by atoms with van der Waals surface area (Å²) in [7, 11) is 0. The van der Waals surface area contributed by atoms with Gasteiger partial charge in [0.15, 0.2) is 0 Å². The number of nitrogens with zero attached hydrogens (tertiary/aromatic N) is 2. The molecule has 0 atom stereocenters. The fourth-order valence-corrected chi connectivity index (χ4v) is 2.71. The molecule has 0 N–H and O–H groups in total. The summed E-state index contributed by atoms with van der Waals surface area (Å²) in [4.78, 5) is 28.3. The monoisotopic (exact) mass is 334 g/mol. The van der Waals surface area contributed by atoms with E-state index in [-0.39, 0.29) is 18.7 Å². The molecule has 4 aromatic rings. The van der Waals surface area contributed by atoms with Crippen LogP contribution in [0.25, 0.3) is 22.0 Å². The summed E-state index contributed by atoms with van der Waals surface area (Å²) in [6, 6.07) is 16.5. The summed E-state index contributed by atoms with van der Waals surface area (Å²) < 4.78 is 12.2. The van der Waals surface area contributed by atoms with Crippen molar-refractivity contribution >= 4 is 28.0 Å². The molecule has 0 aliphatic carbocycles. The van der Waals surface area contributed by atoms with Gasteiger partial charge in [-0.25, -0.2) is 4.98 Å². The summed E-state index contributed by atoms with van der Waals surface area (Å²) in [5, 5.41) is 0.949. The molecule has 0 aliphatic rings. The van der Waals surface area contributed by atoms with Crippen molar-refractivity contribution < 1.29 is 13.9 Å². The van der Waals surface area contributed by atoms with E-state index in [1.807, 2.05) is 36.4 Å². The second-order valence-electron chi connectivity index (χ2n) is 5.58. The van der Waals surface area contributed by atoms with Gasteiger partial charge in [-0.1, -0.05) is 30.3 Å². The minimum Gasteiger partial charge on any atom is -0.457 e. The molecule has 0 aliphatic heterocycles. The highest BCUT2D eigenvalue weighted by atomic mass is 16.5. The SMILES string of the molecule is O=C(Cn1c(=O)cnc2ccccc21)OCc1cc2ccccc2o1. The molecule has 0 fully saturated rings. The number of carbonyl (C=O) groups is 1. The Morgan fingerprint density at radius 1 is 1.12 bits per heavy atom. The molecule has 0 saturated heterocycles. The third kappa shape index (κ3) is 3.01. The van der Waals surface area contributed by atoms with Crippen molar-refractivity contribution in [2.75, 3.05) is 0 Å². The van der Waals surface area contributed by atoms with E-state index in [4.69, 9.17) is 9.15 Å². The standard InChI is InChI=1S/C19H14N2O4/c22-18-10-20-15-6-2-3-7-16(15)21(18)11-19(23)24-12-14-9-13-5-1-4-8-17(13)25-14/h1-10H,11-12H2. The molecule has 0 spiro atoms. The Balaban J connectivity index is 1.51. The Hall–Kier alpha value is -3.41. The van der Waals surface area contributed by atoms with Crippen LogP contribution >= 0.6 is 0 Å². The molecule has 2 aromatic carbocycles. The summed E-state index contributed by atoms with van der Waals surface area (Å²) >= 11 is 0. The molecule has 0 unspecified atom stereocenters. The van der Waals surface area contributed by atoms with Gasteiger partial charge in [0.05, 0.1) is 17.2 Å². The Bertz CT molecular complexity index is 1090. The number of esters is 1. The van der Waals surface area contributed by atoms with Gasteiger partial charge in [-0.15, -0.1) is 0 Å². The number of aromatic nitrogens is 2. The van der Waals surface area contributed by atoms with Gasteiger partial charge < -0.3 is 9.15 Å². The van der Waals surface area contributed by atoms with Crippen molar-refractivity contribution in [1.29, 1.82) is 0 Å². The van der Waals surface area contributed by atoms with E-state index in [1.165, 1.54) is 10.8 Å². The van der Waals surface area contributed by atoms with E-state index in [0.717, 1.165) is 11.0 Å². The van der Waals surface area contributed by atoms with Crippen LogP contribution < -0.4 is 5.56 Å². The molecule has 0 saturated carbocycles. The van der Waals surface area contributed by atoms with Crippen LogP contribution in [0.1, 0.15) is 5.76 Å². The molecule has 0 radical (unpaired) electrons. The second kappa shape index (κ2) is 6.24. The van der Waals surface area contributed by atoms with E-state index in [1.54, 1.807) is 18.2 Å². The molecule has 4 rings (SSSR count). The van der Waals surface area contributed by atoms with Crippen molar-refractivity contribution in [3.63, 3.8) is 0 Å². The van der Waals surface area contributed by atoms with Gasteiger partial charge >= 0.3 is 5.97 Å². The van der Waals surface area contributed by atoms with E-state index < -0.39 is 5.97 Å². The highest BCUT2D eigenvalue weighted by Gasteiger charge is 2.11. The average molecular weight is 334 g/mol. The van der Waals surface area contributed by atoms with Crippen molar-refractivity contribution in [2.45, 2.75) is 13.2 Å². The first-order valence-electron chi connectivity index (χ1n) is 7.78. The van der Waals surface area contributed by atoms with Crippen molar-refractivity contribution in [3.8, 4) is 0 Å². The van der Waals surface area contributed by atoms with Gasteiger partial charge in [0.1, 0.15) is 24.5 Å². The van der Waals surface area contributed by atoms with Gasteiger partial charge in [-0.2, -0.15) is 0 Å². The number of para-hydroxylation sites is 3. The van der Waals surface area contributed by atoms with E-state index in [9.17, 15) is 9.59 Å². The van der Waals surface area contributed by atoms with Crippen molar-refractivity contribution in [3.05, 3.63) is 76.9 Å². The molecule has 0 amide bonds. The first kappa shape index (κ1) is 15.1. The minimum atomic E-state index is -0.515. The summed E-state index contributed by atoms with van der Waals surface area (Å²) in [5.74, 6) is 0.0420. The Morgan fingerprint density at radius 2 is 1.92 bits per heavy atom. The van der Waals surface area contributed by atoms with Crippen LogP contribution in [0.3, 0.4) is 0 Å². The predicted octanol–water partition coefficient (Wildman–Crippen LogP) is 2.89. The number of hydrogen-bond acceptors (Lipinski definition) is 5. The van der Waals surface area contributed by atoms with E-state index in [2.05, 4.69) is 4.98 Å². The maximum atomic E-state index is 12.2. The topological polar surface area (TPSA) is 74.3 Å². The summed E-state index contributed by atoms with van der Waals surface area (Å²) in [6.07, 6.45) is 1.20. The van der Waals surface area contributed by atoms with Crippen LogP contribution in [-0.2, 0) is 22.7 Å². The molecular formula is C19H14N2O4. The molecule has 25 heavy (non-hydrogen) atoms. The molecule has 2 heterocycles. The van der Waals surface area contributed by atoms with E-state index in [0.29, 0.717) is 16.8 Å². The molecule has 6 heteroatoms. The average Bonchev–Trinajstić information content (AvgIpc) is 3.05. The lowest BCUT2D eigenvalue weighted by Crippen LogP contribution is -2.25. The third-order valence-electron chi connectivity index (χ3n) is 3.89. The molecule has 124 valence electrons. The second-order valence-corrected chi connectivity index (χ2v) is 5.58. The van der Waals surface area contributed by atoms with Gasteiger partial charge in [-0.05, 0) is 24.3 Å². The number of ether oxygens (including phenoxy) is 1. The van der Waals surface area contributed by atoms with Crippen molar-refractivity contribution in [1.82, 2.24) is 9.55 Å². The number of carbonyl (C=O) groups excluding carboxylic acids is 1. The fourth-order valence-electron chi connectivity index (χ4n) is 2.71. The van der Waals surface area contributed by atoms with Gasteiger partial charge in [0, 0.05) is 5.39 Å². The largest absolute Gasteiger partial charge is 0.457 e. The zero-order valence-corrected chi connectivity index (χ0v) is 13.2. The normalized spacial score (nSPS) is 11.0. The van der Waals surface area contributed by atoms with E-state index >= 15 is 0 Å².